The van der Waals surface area contributed by atoms with Gasteiger partial charge in [-0.1, -0.05) is 20.3 Å². The SMILES string of the molecule is CCC(C)C(N)C(=O)NC(CCC(=O)O)C(=O)NC(CCSC)C(=O)NCC(=O)O. The summed E-state index contributed by atoms with van der Waals surface area (Å²) in [7, 11) is 0. The predicted octanol–water partition coefficient (Wildman–Crippen LogP) is -0.852. The van der Waals surface area contributed by atoms with Crippen LogP contribution in [0.5, 0.6) is 0 Å². The Balaban J connectivity index is 5.30. The van der Waals surface area contributed by atoms with Crippen LogP contribution < -0.4 is 21.7 Å². The first-order valence-electron chi connectivity index (χ1n) is 9.59. The van der Waals surface area contributed by atoms with Crippen molar-refractivity contribution in [2.45, 2.75) is 57.7 Å². The highest BCUT2D eigenvalue weighted by Gasteiger charge is 2.29. The summed E-state index contributed by atoms with van der Waals surface area (Å²) in [6.45, 7) is 3.04. The van der Waals surface area contributed by atoms with Crippen LogP contribution in [0.25, 0.3) is 0 Å². The molecular formula is C18H32N4O7S. The first-order chi connectivity index (χ1) is 14.0. The second-order valence-corrected chi connectivity index (χ2v) is 7.84. The van der Waals surface area contributed by atoms with Gasteiger partial charge in [0, 0.05) is 6.42 Å². The Morgan fingerprint density at radius 3 is 2.00 bits per heavy atom. The number of carbonyl (C=O) groups excluding carboxylic acids is 3. The zero-order valence-corrected chi connectivity index (χ0v) is 18.3. The monoisotopic (exact) mass is 448 g/mol. The second-order valence-electron chi connectivity index (χ2n) is 6.86. The Hall–Kier alpha value is -2.34. The molecule has 3 amide bonds. The minimum absolute atomic E-state index is 0.149. The average molecular weight is 449 g/mol. The van der Waals surface area contributed by atoms with E-state index in [0.717, 1.165) is 0 Å². The molecule has 12 heteroatoms. The molecule has 0 radical (unpaired) electrons. The third-order valence-corrected chi connectivity index (χ3v) is 5.14. The van der Waals surface area contributed by atoms with E-state index >= 15 is 0 Å². The molecule has 11 nitrogen and oxygen atoms in total. The molecule has 0 heterocycles. The number of carboxylic acids is 2. The van der Waals surface area contributed by atoms with Crippen molar-refractivity contribution >= 4 is 41.4 Å². The van der Waals surface area contributed by atoms with E-state index in [1.807, 2.05) is 6.92 Å². The maximum atomic E-state index is 12.7. The van der Waals surface area contributed by atoms with E-state index < -0.39 is 54.3 Å². The van der Waals surface area contributed by atoms with E-state index in [9.17, 15) is 24.0 Å². The van der Waals surface area contributed by atoms with Crippen molar-refractivity contribution in [3.8, 4) is 0 Å². The quantitative estimate of drug-likeness (QED) is 0.185. The molecule has 0 fully saturated rings. The van der Waals surface area contributed by atoms with Gasteiger partial charge < -0.3 is 31.9 Å². The Bertz CT molecular complexity index is 617. The molecule has 0 aliphatic carbocycles. The summed E-state index contributed by atoms with van der Waals surface area (Å²) in [4.78, 5) is 58.9. The summed E-state index contributed by atoms with van der Waals surface area (Å²) in [6.07, 6.45) is 2.11. The lowest BCUT2D eigenvalue weighted by Crippen LogP contribution is -2.56. The van der Waals surface area contributed by atoms with Gasteiger partial charge in [-0.2, -0.15) is 11.8 Å². The molecule has 0 bridgehead atoms. The standard InChI is InChI=1S/C18H32N4O7S/c1-4-10(2)15(19)18(29)22-11(5-6-13(23)24)17(28)21-12(7-8-30-3)16(27)20-9-14(25)26/h10-12,15H,4-9,19H2,1-3H3,(H,20,27)(H,21,28)(H,22,29)(H,23,24)(H,25,26). The van der Waals surface area contributed by atoms with Crippen LogP contribution in [0.3, 0.4) is 0 Å². The molecule has 0 aromatic carbocycles. The topological polar surface area (TPSA) is 188 Å². The first-order valence-corrected chi connectivity index (χ1v) is 11.0. The molecular weight excluding hydrogens is 416 g/mol. The fourth-order valence-corrected chi connectivity index (χ4v) is 2.85. The predicted molar refractivity (Wildman–Crippen MR) is 112 cm³/mol. The van der Waals surface area contributed by atoms with Crippen LogP contribution >= 0.6 is 11.8 Å². The van der Waals surface area contributed by atoms with Gasteiger partial charge in [-0.25, -0.2) is 0 Å². The fourth-order valence-electron chi connectivity index (χ4n) is 2.38. The highest BCUT2D eigenvalue weighted by Crippen LogP contribution is 2.08. The van der Waals surface area contributed by atoms with Crippen LogP contribution in [0.2, 0.25) is 0 Å². The van der Waals surface area contributed by atoms with E-state index in [1.54, 1.807) is 13.2 Å². The number of carbonyl (C=O) groups is 5. The molecule has 4 unspecified atom stereocenters. The normalized spacial score (nSPS) is 14.7. The van der Waals surface area contributed by atoms with Crippen LogP contribution in [0.15, 0.2) is 0 Å². The fraction of sp³-hybridized carbons (Fsp3) is 0.722. The summed E-state index contributed by atoms with van der Waals surface area (Å²) in [5.74, 6) is -4.03. The molecule has 0 saturated carbocycles. The van der Waals surface area contributed by atoms with Gasteiger partial charge in [-0.3, -0.25) is 24.0 Å². The van der Waals surface area contributed by atoms with Crippen LogP contribution in [-0.2, 0) is 24.0 Å². The number of nitrogens with two attached hydrogens (primary N) is 1. The Morgan fingerprint density at radius 1 is 0.933 bits per heavy atom. The molecule has 7 N–H and O–H groups in total. The van der Waals surface area contributed by atoms with Crippen molar-refractivity contribution < 1.29 is 34.2 Å². The molecule has 0 aliphatic heterocycles. The smallest absolute Gasteiger partial charge is 0.322 e. The number of hydrogen-bond donors (Lipinski definition) is 6. The lowest BCUT2D eigenvalue weighted by Gasteiger charge is -2.25. The molecule has 0 spiro atoms. The molecule has 0 saturated heterocycles. The molecule has 30 heavy (non-hydrogen) atoms. The number of amides is 3. The van der Waals surface area contributed by atoms with Crippen LogP contribution in [0.1, 0.15) is 39.5 Å². The lowest BCUT2D eigenvalue weighted by molar-refractivity contribution is -0.138. The third kappa shape index (κ3) is 11.0. The van der Waals surface area contributed by atoms with Crippen LogP contribution in [0, 0.1) is 5.92 Å². The number of aliphatic carboxylic acids is 2. The summed E-state index contributed by atoms with van der Waals surface area (Å²) in [5.41, 5.74) is 5.88. The Morgan fingerprint density at radius 2 is 1.50 bits per heavy atom. The number of carboxylic acid groups (broad SMARTS) is 2. The summed E-state index contributed by atoms with van der Waals surface area (Å²) in [6, 6.07) is -3.11. The van der Waals surface area contributed by atoms with Crippen LogP contribution in [-0.4, -0.2) is 76.6 Å². The summed E-state index contributed by atoms with van der Waals surface area (Å²) >= 11 is 1.43. The zero-order valence-electron chi connectivity index (χ0n) is 17.5. The van der Waals surface area contributed by atoms with Gasteiger partial charge in [0.15, 0.2) is 0 Å². The molecule has 0 rings (SSSR count). The van der Waals surface area contributed by atoms with Crippen molar-refractivity contribution in [1.82, 2.24) is 16.0 Å². The summed E-state index contributed by atoms with van der Waals surface area (Å²) < 4.78 is 0. The van der Waals surface area contributed by atoms with Gasteiger partial charge in [-0.15, -0.1) is 0 Å². The molecule has 0 aliphatic rings. The minimum atomic E-state index is -1.23. The molecule has 0 aromatic rings. The number of hydrogen-bond acceptors (Lipinski definition) is 7. The van der Waals surface area contributed by atoms with Gasteiger partial charge in [0.25, 0.3) is 0 Å². The number of nitrogens with one attached hydrogen (secondary N) is 3. The van der Waals surface area contributed by atoms with E-state index in [2.05, 4.69) is 16.0 Å². The van der Waals surface area contributed by atoms with Crippen molar-refractivity contribution in [1.29, 1.82) is 0 Å². The summed E-state index contributed by atoms with van der Waals surface area (Å²) in [5, 5.41) is 24.8. The van der Waals surface area contributed by atoms with Crippen molar-refractivity contribution in [2.24, 2.45) is 11.7 Å². The van der Waals surface area contributed by atoms with Crippen molar-refractivity contribution in [3.05, 3.63) is 0 Å². The molecule has 0 aromatic heterocycles. The molecule has 4 atom stereocenters. The minimum Gasteiger partial charge on any atom is -0.481 e. The van der Waals surface area contributed by atoms with Crippen LogP contribution in [0.4, 0.5) is 0 Å². The van der Waals surface area contributed by atoms with E-state index in [4.69, 9.17) is 15.9 Å². The Kier molecular flexibility index (Phi) is 13.5. The lowest BCUT2D eigenvalue weighted by atomic mass is 9.98. The van der Waals surface area contributed by atoms with Gasteiger partial charge in [0.05, 0.1) is 6.04 Å². The zero-order chi connectivity index (χ0) is 23.3. The van der Waals surface area contributed by atoms with Gasteiger partial charge in [0.1, 0.15) is 18.6 Å². The van der Waals surface area contributed by atoms with E-state index in [0.29, 0.717) is 12.2 Å². The van der Waals surface area contributed by atoms with Gasteiger partial charge in [-0.05, 0) is 30.8 Å². The van der Waals surface area contributed by atoms with Gasteiger partial charge in [0.2, 0.25) is 17.7 Å². The van der Waals surface area contributed by atoms with E-state index in [-0.39, 0.29) is 25.2 Å². The first kappa shape index (κ1) is 27.7. The van der Waals surface area contributed by atoms with Crippen molar-refractivity contribution in [3.63, 3.8) is 0 Å². The largest absolute Gasteiger partial charge is 0.481 e. The maximum Gasteiger partial charge on any atom is 0.322 e. The van der Waals surface area contributed by atoms with Gasteiger partial charge >= 0.3 is 11.9 Å². The maximum absolute atomic E-state index is 12.7. The number of rotatable bonds is 15. The third-order valence-electron chi connectivity index (χ3n) is 4.50. The van der Waals surface area contributed by atoms with E-state index in [1.165, 1.54) is 11.8 Å². The second kappa shape index (κ2) is 14.6. The molecule has 172 valence electrons. The highest BCUT2D eigenvalue weighted by molar-refractivity contribution is 7.98. The van der Waals surface area contributed by atoms with Crippen molar-refractivity contribution in [2.75, 3.05) is 18.6 Å². The number of thioether (sulfide) groups is 1. The Labute approximate surface area is 179 Å². The highest BCUT2D eigenvalue weighted by atomic mass is 32.2. The average Bonchev–Trinajstić information content (AvgIpc) is 2.70.